The van der Waals surface area contributed by atoms with E-state index in [2.05, 4.69) is 38.3 Å². The second-order valence-electron chi connectivity index (χ2n) is 6.47. The second-order valence-corrected chi connectivity index (χ2v) is 6.47. The zero-order valence-corrected chi connectivity index (χ0v) is 16.7. The van der Waals surface area contributed by atoms with Crippen LogP contribution in [0.3, 0.4) is 0 Å². The van der Waals surface area contributed by atoms with Crippen molar-refractivity contribution < 1.29 is 9.47 Å². The summed E-state index contributed by atoms with van der Waals surface area (Å²) in [6.45, 7) is 9.71. The molecule has 0 amide bonds. The molecule has 0 bridgehead atoms. The Morgan fingerprint density at radius 1 is 0.800 bits per heavy atom. The van der Waals surface area contributed by atoms with Gasteiger partial charge in [-0.25, -0.2) is 0 Å². The van der Waals surface area contributed by atoms with Crippen LogP contribution < -0.4 is 0 Å². The third-order valence-electron chi connectivity index (χ3n) is 4.05. The highest BCUT2D eigenvalue weighted by atomic mass is 16.7. The fraction of sp³-hybridized carbons (Fsp3) is 0.739. The summed E-state index contributed by atoms with van der Waals surface area (Å²) in [5, 5.41) is 0. The van der Waals surface area contributed by atoms with Crippen LogP contribution in [0.5, 0.6) is 0 Å². The van der Waals surface area contributed by atoms with Gasteiger partial charge in [0, 0.05) is 13.2 Å². The molecule has 0 spiro atoms. The highest BCUT2D eigenvalue weighted by molar-refractivity contribution is 5.21. The predicted octanol–water partition coefficient (Wildman–Crippen LogP) is 6.81. The Labute approximate surface area is 157 Å². The summed E-state index contributed by atoms with van der Waals surface area (Å²) in [5.74, 6) is 5.75. The van der Waals surface area contributed by atoms with E-state index >= 15 is 0 Å². The van der Waals surface area contributed by atoms with Crippen molar-refractivity contribution in [2.24, 2.45) is 0 Å². The van der Waals surface area contributed by atoms with Gasteiger partial charge < -0.3 is 9.47 Å². The minimum absolute atomic E-state index is 0.0206. The summed E-state index contributed by atoms with van der Waals surface area (Å²) in [4.78, 5) is 0. The maximum atomic E-state index is 5.98. The fourth-order valence-electron chi connectivity index (χ4n) is 2.52. The van der Waals surface area contributed by atoms with E-state index in [1.165, 1.54) is 38.5 Å². The van der Waals surface area contributed by atoms with Crippen LogP contribution >= 0.6 is 0 Å². The summed E-state index contributed by atoms with van der Waals surface area (Å²) in [6, 6.07) is 0. The molecule has 0 aliphatic heterocycles. The first kappa shape index (κ1) is 24.0. The third-order valence-corrected chi connectivity index (χ3v) is 4.05. The van der Waals surface area contributed by atoms with E-state index in [0.717, 1.165) is 51.7 Å². The van der Waals surface area contributed by atoms with E-state index in [-0.39, 0.29) is 6.29 Å². The normalized spacial score (nSPS) is 11.0. The van der Waals surface area contributed by atoms with E-state index in [1.807, 2.05) is 6.08 Å². The standard InChI is InChI=1S/C23H40O2/c1-4-7-10-13-14-15-16-17-20-23(24-21-18-11-8-5-2)25-22-19-12-9-6-3/h4,13-14,23H,1,5-6,8-9,11-12,15-22H2,2-3H3/b14-13-. The van der Waals surface area contributed by atoms with Gasteiger partial charge >= 0.3 is 0 Å². The summed E-state index contributed by atoms with van der Waals surface area (Å²) in [7, 11) is 0. The van der Waals surface area contributed by atoms with Gasteiger partial charge in [0.05, 0.1) is 0 Å². The highest BCUT2D eigenvalue weighted by Crippen LogP contribution is 2.12. The van der Waals surface area contributed by atoms with Gasteiger partial charge in [-0.2, -0.15) is 0 Å². The minimum Gasteiger partial charge on any atom is -0.353 e. The SMILES string of the molecule is C=CC#C/C=C\CCCCC(OCCCCCC)OCCCCCC. The minimum atomic E-state index is -0.0206. The molecule has 0 aromatic rings. The molecule has 2 nitrogen and oxygen atoms in total. The van der Waals surface area contributed by atoms with Crippen LogP contribution in [0.1, 0.15) is 90.9 Å². The molecule has 0 aliphatic rings. The quantitative estimate of drug-likeness (QED) is 0.163. The van der Waals surface area contributed by atoms with Crippen LogP contribution in [-0.2, 0) is 9.47 Å². The van der Waals surface area contributed by atoms with Gasteiger partial charge in [-0.1, -0.05) is 76.9 Å². The summed E-state index contributed by atoms with van der Waals surface area (Å²) in [6.07, 6.45) is 19.9. The van der Waals surface area contributed by atoms with Crippen LogP contribution in [0, 0.1) is 11.8 Å². The predicted molar refractivity (Wildman–Crippen MR) is 110 cm³/mol. The molecule has 25 heavy (non-hydrogen) atoms. The second kappa shape index (κ2) is 21.0. The Morgan fingerprint density at radius 2 is 1.44 bits per heavy atom. The van der Waals surface area contributed by atoms with Crippen molar-refractivity contribution in [2.75, 3.05) is 13.2 Å². The zero-order chi connectivity index (χ0) is 18.4. The zero-order valence-electron chi connectivity index (χ0n) is 16.7. The van der Waals surface area contributed by atoms with Crippen molar-refractivity contribution in [3.63, 3.8) is 0 Å². The lowest BCUT2D eigenvalue weighted by Gasteiger charge is -2.18. The largest absolute Gasteiger partial charge is 0.353 e. The smallest absolute Gasteiger partial charge is 0.157 e. The maximum absolute atomic E-state index is 5.98. The van der Waals surface area contributed by atoms with Crippen molar-refractivity contribution in [1.82, 2.24) is 0 Å². The number of hydrogen-bond donors (Lipinski definition) is 0. The molecule has 144 valence electrons. The molecule has 0 unspecified atom stereocenters. The average molecular weight is 349 g/mol. The molecule has 0 aromatic heterocycles. The molecule has 0 heterocycles. The lowest BCUT2D eigenvalue weighted by atomic mass is 10.1. The first-order valence-electron chi connectivity index (χ1n) is 10.3. The lowest BCUT2D eigenvalue weighted by molar-refractivity contribution is -0.148. The van der Waals surface area contributed by atoms with Crippen molar-refractivity contribution in [3.05, 3.63) is 24.8 Å². The number of ether oxygens (including phenoxy) is 2. The molecule has 0 rings (SSSR count). The van der Waals surface area contributed by atoms with Crippen LogP contribution in [0.25, 0.3) is 0 Å². The molecule has 0 saturated carbocycles. The Morgan fingerprint density at radius 3 is 2.00 bits per heavy atom. The van der Waals surface area contributed by atoms with Crippen molar-refractivity contribution in [1.29, 1.82) is 0 Å². The molecule has 0 fully saturated rings. The number of allylic oxidation sites excluding steroid dienone is 3. The van der Waals surface area contributed by atoms with Gasteiger partial charge in [-0.3, -0.25) is 0 Å². The molecule has 2 heteroatoms. The van der Waals surface area contributed by atoms with Crippen LogP contribution in [-0.4, -0.2) is 19.5 Å². The summed E-state index contributed by atoms with van der Waals surface area (Å²) >= 11 is 0. The van der Waals surface area contributed by atoms with Crippen molar-refractivity contribution in [2.45, 2.75) is 97.2 Å². The Hall–Kier alpha value is -1.04. The van der Waals surface area contributed by atoms with E-state index in [4.69, 9.17) is 9.47 Å². The molecule has 0 aromatic carbocycles. The van der Waals surface area contributed by atoms with Gasteiger partial charge in [0.25, 0.3) is 0 Å². The van der Waals surface area contributed by atoms with Gasteiger partial charge in [0.2, 0.25) is 0 Å². The van der Waals surface area contributed by atoms with Gasteiger partial charge in [-0.15, -0.1) is 0 Å². The maximum Gasteiger partial charge on any atom is 0.157 e. The van der Waals surface area contributed by atoms with Gasteiger partial charge in [-0.05, 0) is 50.7 Å². The molecule has 0 atom stereocenters. The number of unbranched alkanes of at least 4 members (excludes halogenated alkanes) is 8. The average Bonchev–Trinajstić information content (AvgIpc) is 2.62. The molecule has 0 radical (unpaired) electrons. The number of rotatable bonds is 17. The fourth-order valence-corrected chi connectivity index (χ4v) is 2.52. The molecule has 0 N–H and O–H groups in total. The lowest BCUT2D eigenvalue weighted by Crippen LogP contribution is -2.19. The molecular formula is C23H40O2. The summed E-state index contributed by atoms with van der Waals surface area (Å²) < 4.78 is 12.0. The van der Waals surface area contributed by atoms with Gasteiger partial charge in [0.15, 0.2) is 6.29 Å². The van der Waals surface area contributed by atoms with E-state index in [0.29, 0.717) is 0 Å². The van der Waals surface area contributed by atoms with Crippen molar-refractivity contribution in [3.8, 4) is 11.8 Å². The van der Waals surface area contributed by atoms with E-state index < -0.39 is 0 Å². The third kappa shape index (κ3) is 19.1. The van der Waals surface area contributed by atoms with Crippen LogP contribution in [0.4, 0.5) is 0 Å². The van der Waals surface area contributed by atoms with E-state index in [9.17, 15) is 0 Å². The van der Waals surface area contributed by atoms with Crippen molar-refractivity contribution >= 4 is 0 Å². The Kier molecular flexibility index (Phi) is 20.1. The van der Waals surface area contributed by atoms with Crippen LogP contribution in [0.15, 0.2) is 24.8 Å². The highest BCUT2D eigenvalue weighted by Gasteiger charge is 2.09. The molecule has 0 saturated heterocycles. The Bertz CT molecular complexity index is 348. The molecular weight excluding hydrogens is 308 g/mol. The van der Waals surface area contributed by atoms with Gasteiger partial charge in [0.1, 0.15) is 0 Å². The summed E-state index contributed by atoms with van der Waals surface area (Å²) in [5.41, 5.74) is 0. The van der Waals surface area contributed by atoms with Crippen LogP contribution in [0.2, 0.25) is 0 Å². The molecule has 0 aliphatic carbocycles. The first-order valence-corrected chi connectivity index (χ1v) is 10.3. The monoisotopic (exact) mass is 348 g/mol. The number of hydrogen-bond acceptors (Lipinski definition) is 2. The topological polar surface area (TPSA) is 18.5 Å². The Balaban J connectivity index is 3.89. The van der Waals surface area contributed by atoms with E-state index in [1.54, 1.807) is 6.08 Å². The first-order chi connectivity index (χ1) is 12.3.